The Balaban J connectivity index is 3.06. The number of carbonyl (C=O) groups is 2. The van der Waals surface area contributed by atoms with Crippen molar-refractivity contribution in [2.75, 3.05) is 6.26 Å². The van der Waals surface area contributed by atoms with Crippen LogP contribution in [0, 0.1) is 0 Å². The van der Waals surface area contributed by atoms with E-state index in [1.807, 2.05) is 13.2 Å². The maximum atomic E-state index is 11.5. The van der Waals surface area contributed by atoms with Crippen molar-refractivity contribution >= 4 is 23.5 Å². The van der Waals surface area contributed by atoms with Crippen molar-refractivity contribution in [3.63, 3.8) is 0 Å². The predicted octanol–water partition coefficient (Wildman–Crippen LogP) is 2.93. The highest BCUT2D eigenvalue weighted by atomic mass is 32.2. The summed E-state index contributed by atoms with van der Waals surface area (Å²) in [6, 6.07) is 5.11. The molecule has 3 nitrogen and oxygen atoms in total. The highest BCUT2D eigenvalue weighted by Crippen LogP contribution is 2.29. The standard InChI is InChI=1S/C12H14O3S/c1-4-10(14)9-5-6-11(15-8(2)13)12(7-9)16-3/h5-7H,4H2,1-3H3. The summed E-state index contributed by atoms with van der Waals surface area (Å²) in [5, 5.41) is 0. The van der Waals surface area contributed by atoms with Crippen LogP contribution in [-0.4, -0.2) is 18.0 Å². The Morgan fingerprint density at radius 1 is 1.38 bits per heavy atom. The van der Waals surface area contributed by atoms with E-state index in [1.165, 1.54) is 18.7 Å². The van der Waals surface area contributed by atoms with Crippen molar-refractivity contribution in [1.29, 1.82) is 0 Å². The SMILES string of the molecule is CCC(=O)c1ccc(OC(C)=O)c(SC)c1. The minimum Gasteiger partial charge on any atom is -0.426 e. The van der Waals surface area contributed by atoms with E-state index in [9.17, 15) is 9.59 Å². The van der Waals surface area contributed by atoms with Gasteiger partial charge in [0.05, 0.1) is 4.90 Å². The van der Waals surface area contributed by atoms with E-state index in [4.69, 9.17) is 4.74 Å². The number of carbonyl (C=O) groups excluding carboxylic acids is 2. The maximum Gasteiger partial charge on any atom is 0.308 e. The van der Waals surface area contributed by atoms with E-state index in [0.29, 0.717) is 17.7 Å². The van der Waals surface area contributed by atoms with Crippen molar-refractivity contribution in [3.05, 3.63) is 23.8 Å². The molecule has 16 heavy (non-hydrogen) atoms. The lowest BCUT2D eigenvalue weighted by Gasteiger charge is -2.08. The van der Waals surface area contributed by atoms with Crippen molar-refractivity contribution in [2.24, 2.45) is 0 Å². The molecule has 0 fully saturated rings. The van der Waals surface area contributed by atoms with E-state index in [0.717, 1.165) is 4.90 Å². The summed E-state index contributed by atoms with van der Waals surface area (Å²) in [4.78, 5) is 23.2. The Hall–Kier alpha value is -1.29. The fraction of sp³-hybridized carbons (Fsp3) is 0.333. The molecule has 0 aliphatic heterocycles. The Morgan fingerprint density at radius 2 is 2.06 bits per heavy atom. The molecule has 0 amide bonds. The zero-order valence-corrected chi connectivity index (χ0v) is 10.4. The summed E-state index contributed by atoms with van der Waals surface area (Å²) < 4.78 is 5.03. The van der Waals surface area contributed by atoms with Crippen LogP contribution in [0.15, 0.2) is 23.1 Å². The average molecular weight is 238 g/mol. The van der Waals surface area contributed by atoms with Gasteiger partial charge < -0.3 is 4.74 Å². The van der Waals surface area contributed by atoms with Crippen molar-refractivity contribution in [2.45, 2.75) is 25.2 Å². The average Bonchev–Trinajstić information content (AvgIpc) is 2.27. The van der Waals surface area contributed by atoms with Crippen LogP contribution >= 0.6 is 11.8 Å². The molecule has 0 bridgehead atoms. The van der Waals surface area contributed by atoms with E-state index in [-0.39, 0.29) is 11.8 Å². The van der Waals surface area contributed by atoms with Crippen LogP contribution in [0.1, 0.15) is 30.6 Å². The van der Waals surface area contributed by atoms with Crippen LogP contribution in [0.5, 0.6) is 5.75 Å². The van der Waals surface area contributed by atoms with E-state index in [2.05, 4.69) is 0 Å². The van der Waals surface area contributed by atoms with Gasteiger partial charge in [0.2, 0.25) is 0 Å². The second-order valence-corrected chi connectivity index (χ2v) is 4.08. The summed E-state index contributed by atoms with van der Waals surface area (Å²) in [5.74, 6) is 0.238. The largest absolute Gasteiger partial charge is 0.426 e. The quantitative estimate of drug-likeness (QED) is 0.350. The van der Waals surface area contributed by atoms with E-state index < -0.39 is 0 Å². The molecular weight excluding hydrogens is 224 g/mol. The van der Waals surface area contributed by atoms with Crippen LogP contribution < -0.4 is 4.74 Å². The van der Waals surface area contributed by atoms with Gasteiger partial charge in [0.1, 0.15) is 5.75 Å². The summed E-state index contributed by atoms with van der Waals surface area (Å²) in [7, 11) is 0. The third kappa shape index (κ3) is 3.10. The molecule has 86 valence electrons. The zero-order chi connectivity index (χ0) is 12.1. The first kappa shape index (κ1) is 12.8. The molecule has 0 aliphatic rings. The van der Waals surface area contributed by atoms with Crippen molar-refractivity contribution in [3.8, 4) is 5.75 Å². The minimum atomic E-state index is -0.357. The fourth-order valence-corrected chi connectivity index (χ4v) is 1.84. The predicted molar refractivity (Wildman–Crippen MR) is 64.2 cm³/mol. The Morgan fingerprint density at radius 3 is 2.56 bits per heavy atom. The molecule has 4 heteroatoms. The van der Waals surface area contributed by atoms with Gasteiger partial charge in [0.15, 0.2) is 5.78 Å². The number of rotatable bonds is 4. The Bertz CT molecular complexity index is 413. The van der Waals surface area contributed by atoms with E-state index in [1.54, 1.807) is 18.2 Å². The number of thioether (sulfide) groups is 1. The first-order valence-electron chi connectivity index (χ1n) is 4.98. The van der Waals surface area contributed by atoms with Gasteiger partial charge >= 0.3 is 5.97 Å². The van der Waals surface area contributed by atoms with E-state index >= 15 is 0 Å². The lowest BCUT2D eigenvalue weighted by molar-refractivity contribution is -0.132. The number of hydrogen-bond donors (Lipinski definition) is 0. The maximum absolute atomic E-state index is 11.5. The van der Waals surface area contributed by atoms with Crippen LogP contribution in [0.2, 0.25) is 0 Å². The molecule has 0 radical (unpaired) electrons. The third-order valence-electron chi connectivity index (χ3n) is 2.06. The number of esters is 1. The molecule has 0 aromatic heterocycles. The topological polar surface area (TPSA) is 43.4 Å². The number of hydrogen-bond acceptors (Lipinski definition) is 4. The van der Waals surface area contributed by atoms with Gasteiger partial charge in [0.25, 0.3) is 0 Å². The lowest BCUT2D eigenvalue weighted by atomic mass is 10.1. The number of benzene rings is 1. The summed E-state index contributed by atoms with van der Waals surface area (Å²) in [6.07, 6.45) is 2.35. The third-order valence-corrected chi connectivity index (χ3v) is 2.82. The highest BCUT2D eigenvalue weighted by Gasteiger charge is 2.10. The zero-order valence-electron chi connectivity index (χ0n) is 9.57. The van der Waals surface area contributed by atoms with Crippen molar-refractivity contribution < 1.29 is 14.3 Å². The molecule has 0 N–H and O–H groups in total. The van der Waals surface area contributed by atoms with Crippen LogP contribution in [0.25, 0.3) is 0 Å². The highest BCUT2D eigenvalue weighted by molar-refractivity contribution is 7.98. The second-order valence-electron chi connectivity index (χ2n) is 3.24. The summed E-state index contributed by atoms with van der Waals surface area (Å²) in [6.45, 7) is 3.18. The first-order chi connectivity index (χ1) is 7.58. The summed E-state index contributed by atoms with van der Waals surface area (Å²) in [5.41, 5.74) is 0.655. The number of Topliss-reactive ketones (excluding diaryl/α,β-unsaturated/α-hetero) is 1. The molecule has 0 spiro atoms. The van der Waals surface area contributed by atoms with Crippen LogP contribution in [0.4, 0.5) is 0 Å². The number of ketones is 1. The minimum absolute atomic E-state index is 0.0877. The van der Waals surface area contributed by atoms with Gasteiger partial charge in [-0.3, -0.25) is 9.59 Å². The van der Waals surface area contributed by atoms with Gasteiger partial charge in [-0.1, -0.05) is 6.92 Å². The van der Waals surface area contributed by atoms with Crippen LogP contribution in [-0.2, 0) is 4.79 Å². The molecular formula is C12H14O3S. The molecule has 0 heterocycles. The van der Waals surface area contributed by atoms with Gasteiger partial charge in [-0.2, -0.15) is 0 Å². The normalized spacial score (nSPS) is 9.94. The molecule has 1 rings (SSSR count). The van der Waals surface area contributed by atoms with Gasteiger partial charge in [-0.15, -0.1) is 11.8 Å². The molecule has 0 saturated heterocycles. The molecule has 0 saturated carbocycles. The van der Waals surface area contributed by atoms with Gasteiger partial charge in [-0.05, 0) is 24.5 Å². The molecule has 0 unspecified atom stereocenters. The molecule has 1 aromatic rings. The molecule has 1 aromatic carbocycles. The smallest absolute Gasteiger partial charge is 0.308 e. The Kier molecular flexibility index (Phi) is 4.55. The lowest BCUT2D eigenvalue weighted by Crippen LogP contribution is -2.04. The van der Waals surface area contributed by atoms with Gasteiger partial charge in [0, 0.05) is 18.9 Å². The first-order valence-corrected chi connectivity index (χ1v) is 6.20. The Labute approximate surface area is 99.2 Å². The molecule has 0 aliphatic carbocycles. The fourth-order valence-electron chi connectivity index (χ4n) is 1.28. The molecule has 0 atom stereocenters. The summed E-state index contributed by atoms with van der Waals surface area (Å²) >= 11 is 1.45. The van der Waals surface area contributed by atoms with Crippen molar-refractivity contribution in [1.82, 2.24) is 0 Å². The van der Waals surface area contributed by atoms with Crippen LogP contribution in [0.3, 0.4) is 0 Å². The second kappa shape index (κ2) is 5.70. The van der Waals surface area contributed by atoms with Gasteiger partial charge in [-0.25, -0.2) is 0 Å². The number of ether oxygens (including phenoxy) is 1. The monoisotopic (exact) mass is 238 g/mol.